The lowest BCUT2D eigenvalue weighted by molar-refractivity contribution is 0.260. The SMILES string of the molecule is Cc1oc(CN2CCCS(=O)(=O)CC2)cc1CNC(C)C. The van der Waals surface area contributed by atoms with Crippen LogP contribution in [0.5, 0.6) is 0 Å². The van der Waals surface area contributed by atoms with Gasteiger partial charge in [-0.15, -0.1) is 0 Å². The predicted molar refractivity (Wildman–Crippen MR) is 84.0 cm³/mol. The number of hydrogen-bond donors (Lipinski definition) is 1. The fourth-order valence-corrected chi connectivity index (χ4v) is 3.83. The summed E-state index contributed by atoms with van der Waals surface area (Å²) in [4.78, 5) is 2.17. The van der Waals surface area contributed by atoms with Crippen molar-refractivity contribution < 1.29 is 12.8 Å². The van der Waals surface area contributed by atoms with Gasteiger partial charge in [-0.3, -0.25) is 4.90 Å². The third kappa shape index (κ3) is 5.13. The Kier molecular flexibility index (Phi) is 5.46. The number of hydrogen-bond acceptors (Lipinski definition) is 5. The highest BCUT2D eigenvalue weighted by Crippen LogP contribution is 2.17. The lowest BCUT2D eigenvalue weighted by Crippen LogP contribution is -2.26. The summed E-state index contributed by atoms with van der Waals surface area (Å²) in [6.45, 7) is 9.13. The average molecular weight is 314 g/mol. The second kappa shape index (κ2) is 6.94. The van der Waals surface area contributed by atoms with E-state index in [1.807, 2.05) is 6.92 Å². The Morgan fingerprint density at radius 1 is 1.33 bits per heavy atom. The van der Waals surface area contributed by atoms with Crippen LogP contribution >= 0.6 is 0 Å². The first-order valence-corrected chi connectivity index (χ1v) is 9.42. The zero-order valence-corrected chi connectivity index (χ0v) is 14.0. The van der Waals surface area contributed by atoms with Crippen LogP contribution in [0.1, 0.15) is 37.4 Å². The number of nitrogens with zero attached hydrogens (tertiary/aromatic N) is 1. The topological polar surface area (TPSA) is 62.6 Å². The smallest absolute Gasteiger partial charge is 0.151 e. The van der Waals surface area contributed by atoms with Gasteiger partial charge in [0.05, 0.1) is 18.1 Å². The molecular formula is C15H26N2O3S. The van der Waals surface area contributed by atoms with E-state index in [-0.39, 0.29) is 5.75 Å². The van der Waals surface area contributed by atoms with Gasteiger partial charge >= 0.3 is 0 Å². The molecule has 0 atom stereocenters. The molecule has 1 aromatic rings. The van der Waals surface area contributed by atoms with Crippen LogP contribution in [0, 0.1) is 6.92 Å². The predicted octanol–water partition coefficient (Wildman–Crippen LogP) is 1.71. The number of furan rings is 1. The van der Waals surface area contributed by atoms with Gasteiger partial charge < -0.3 is 9.73 Å². The van der Waals surface area contributed by atoms with E-state index in [0.29, 0.717) is 31.3 Å². The van der Waals surface area contributed by atoms with Gasteiger partial charge in [-0.2, -0.15) is 0 Å². The summed E-state index contributed by atoms with van der Waals surface area (Å²) in [5.41, 5.74) is 1.18. The maximum atomic E-state index is 11.6. The first-order valence-electron chi connectivity index (χ1n) is 7.60. The van der Waals surface area contributed by atoms with Crippen LogP contribution in [0.4, 0.5) is 0 Å². The van der Waals surface area contributed by atoms with E-state index in [4.69, 9.17) is 4.42 Å². The summed E-state index contributed by atoms with van der Waals surface area (Å²) < 4.78 is 29.0. The van der Waals surface area contributed by atoms with Crippen LogP contribution < -0.4 is 5.32 Å². The standard InChI is InChI=1S/C15H26N2O3S/c1-12(2)16-10-14-9-15(20-13(14)3)11-17-5-4-7-21(18,19)8-6-17/h9,12,16H,4-8,10-11H2,1-3H3. The average Bonchev–Trinajstić information content (AvgIpc) is 2.63. The van der Waals surface area contributed by atoms with Crippen molar-refractivity contribution in [3.05, 3.63) is 23.2 Å². The molecule has 0 aromatic carbocycles. The molecule has 0 spiro atoms. The number of sulfone groups is 1. The van der Waals surface area contributed by atoms with Gasteiger partial charge in [-0.1, -0.05) is 13.8 Å². The van der Waals surface area contributed by atoms with E-state index >= 15 is 0 Å². The Morgan fingerprint density at radius 2 is 2.10 bits per heavy atom. The quantitative estimate of drug-likeness (QED) is 0.896. The van der Waals surface area contributed by atoms with E-state index in [1.165, 1.54) is 5.56 Å². The molecule has 0 saturated carbocycles. The minimum absolute atomic E-state index is 0.258. The maximum absolute atomic E-state index is 11.6. The molecule has 0 aliphatic carbocycles. The molecular weight excluding hydrogens is 288 g/mol. The molecule has 2 heterocycles. The Labute approximate surface area is 127 Å². The van der Waals surface area contributed by atoms with Crippen molar-refractivity contribution >= 4 is 9.84 Å². The zero-order chi connectivity index (χ0) is 15.5. The van der Waals surface area contributed by atoms with Gasteiger partial charge in [0.15, 0.2) is 9.84 Å². The van der Waals surface area contributed by atoms with Crippen molar-refractivity contribution in [3.63, 3.8) is 0 Å². The number of aryl methyl sites for hydroxylation is 1. The molecule has 120 valence electrons. The molecule has 0 amide bonds. The number of rotatable bonds is 5. The normalized spacial score (nSPS) is 19.8. The largest absolute Gasteiger partial charge is 0.465 e. The molecule has 2 rings (SSSR count). The highest BCUT2D eigenvalue weighted by atomic mass is 32.2. The molecule has 5 nitrogen and oxygen atoms in total. The zero-order valence-electron chi connectivity index (χ0n) is 13.2. The summed E-state index contributed by atoms with van der Waals surface area (Å²) in [6, 6.07) is 2.53. The highest BCUT2D eigenvalue weighted by molar-refractivity contribution is 7.91. The van der Waals surface area contributed by atoms with Gasteiger partial charge in [0.25, 0.3) is 0 Å². The molecule has 1 saturated heterocycles. The van der Waals surface area contributed by atoms with E-state index in [1.54, 1.807) is 0 Å². The fraction of sp³-hybridized carbons (Fsp3) is 0.733. The first kappa shape index (κ1) is 16.5. The molecule has 0 unspecified atom stereocenters. The van der Waals surface area contributed by atoms with Gasteiger partial charge in [0.1, 0.15) is 11.5 Å². The van der Waals surface area contributed by atoms with Gasteiger partial charge in [-0.05, 0) is 26.0 Å². The van der Waals surface area contributed by atoms with Crippen molar-refractivity contribution in [1.29, 1.82) is 0 Å². The summed E-state index contributed by atoms with van der Waals surface area (Å²) in [6.07, 6.45) is 0.712. The fourth-order valence-electron chi connectivity index (χ4n) is 2.52. The van der Waals surface area contributed by atoms with E-state index in [9.17, 15) is 8.42 Å². The van der Waals surface area contributed by atoms with Crippen LogP contribution in [-0.2, 0) is 22.9 Å². The van der Waals surface area contributed by atoms with Crippen molar-refractivity contribution in [1.82, 2.24) is 10.2 Å². The molecule has 0 radical (unpaired) electrons. The van der Waals surface area contributed by atoms with Crippen LogP contribution in [0.3, 0.4) is 0 Å². The van der Waals surface area contributed by atoms with Crippen LogP contribution in [0.25, 0.3) is 0 Å². The van der Waals surface area contributed by atoms with Crippen molar-refractivity contribution in [2.75, 3.05) is 24.6 Å². The molecule has 1 fully saturated rings. The van der Waals surface area contributed by atoms with Crippen LogP contribution in [-0.4, -0.2) is 44.0 Å². The second-order valence-corrected chi connectivity index (χ2v) is 8.41. The van der Waals surface area contributed by atoms with Crippen molar-refractivity contribution in [2.24, 2.45) is 0 Å². The van der Waals surface area contributed by atoms with Gasteiger partial charge in [0.2, 0.25) is 0 Å². The minimum Gasteiger partial charge on any atom is -0.465 e. The van der Waals surface area contributed by atoms with E-state index < -0.39 is 9.84 Å². The lowest BCUT2D eigenvalue weighted by Gasteiger charge is -2.17. The Hall–Kier alpha value is -0.850. The second-order valence-electron chi connectivity index (χ2n) is 6.11. The highest BCUT2D eigenvalue weighted by Gasteiger charge is 2.20. The first-order chi connectivity index (χ1) is 9.85. The van der Waals surface area contributed by atoms with Gasteiger partial charge in [-0.25, -0.2) is 8.42 Å². The molecule has 21 heavy (non-hydrogen) atoms. The molecule has 0 bridgehead atoms. The molecule has 1 aromatic heterocycles. The van der Waals surface area contributed by atoms with E-state index in [2.05, 4.69) is 30.1 Å². The summed E-state index contributed by atoms with van der Waals surface area (Å²) in [5.74, 6) is 2.44. The van der Waals surface area contributed by atoms with E-state index in [0.717, 1.165) is 24.6 Å². The third-order valence-electron chi connectivity index (χ3n) is 3.80. The Balaban J connectivity index is 1.95. The Bertz CT molecular complexity index is 563. The monoisotopic (exact) mass is 314 g/mol. The molecule has 1 N–H and O–H groups in total. The van der Waals surface area contributed by atoms with Gasteiger partial charge in [0, 0.05) is 24.7 Å². The summed E-state index contributed by atoms with van der Waals surface area (Å²) in [7, 11) is -2.85. The van der Waals surface area contributed by atoms with Crippen molar-refractivity contribution in [2.45, 2.75) is 46.3 Å². The maximum Gasteiger partial charge on any atom is 0.151 e. The Morgan fingerprint density at radius 3 is 2.81 bits per heavy atom. The molecule has 6 heteroatoms. The number of nitrogens with one attached hydrogen (secondary N) is 1. The molecule has 1 aliphatic heterocycles. The lowest BCUT2D eigenvalue weighted by atomic mass is 10.2. The summed E-state index contributed by atoms with van der Waals surface area (Å²) >= 11 is 0. The molecule has 1 aliphatic rings. The van der Waals surface area contributed by atoms with Crippen LogP contribution in [0.15, 0.2) is 10.5 Å². The minimum atomic E-state index is -2.85. The third-order valence-corrected chi connectivity index (χ3v) is 5.52. The van der Waals surface area contributed by atoms with Crippen LogP contribution in [0.2, 0.25) is 0 Å². The van der Waals surface area contributed by atoms with Crippen molar-refractivity contribution in [3.8, 4) is 0 Å². The summed E-state index contributed by atoms with van der Waals surface area (Å²) in [5, 5.41) is 3.39.